The molecule has 2 aromatic rings. The van der Waals surface area contributed by atoms with Gasteiger partial charge < -0.3 is 5.11 Å². The van der Waals surface area contributed by atoms with Crippen molar-refractivity contribution in [3.63, 3.8) is 0 Å². The lowest BCUT2D eigenvalue weighted by Gasteiger charge is -2.12. The van der Waals surface area contributed by atoms with Crippen molar-refractivity contribution < 1.29 is 13.5 Å². The molecule has 2 rings (SSSR count). The molecule has 0 fully saturated rings. The zero-order valence-electron chi connectivity index (χ0n) is 10.5. The minimum Gasteiger partial charge on any atom is -0.392 e. The maximum absolute atomic E-state index is 12.5. The molecule has 0 aliphatic heterocycles. The molecule has 8 heteroatoms. The second-order valence-corrected chi connectivity index (χ2v) is 7.95. The highest BCUT2D eigenvalue weighted by Gasteiger charge is 2.19. The predicted octanol–water partition coefficient (Wildman–Crippen LogP) is 4.16. The van der Waals surface area contributed by atoms with Crippen LogP contribution in [0.25, 0.3) is 0 Å². The van der Waals surface area contributed by atoms with Crippen molar-refractivity contribution in [2.24, 2.45) is 0 Å². The minimum atomic E-state index is -3.81. The summed E-state index contributed by atoms with van der Waals surface area (Å²) in [7, 11) is -3.81. The Hall–Kier alpha value is -0.600. The second-order valence-electron chi connectivity index (χ2n) is 4.15. The predicted molar refractivity (Wildman–Crippen MR) is 90.0 cm³/mol. The molecule has 0 saturated heterocycles. The summed E-state index contributed by atoms with van der Waals surface area (Å²) in [5.41, 5.74) is 0.840. The fraction of sp³-hybridized carbons (Fsp3) is 0.0769. The molecule has 0 aromatic heterocycles. The van der Waals surface area contributed by atoms with Gasteiger partial charge in [-0.3, -0.25) is 4.72 Å². The Morgan fingerprint density at radius 2 is 1.76 bits per heavy atom. The van der Waals surface area contributed by atoms with E-state index in [1.165, 1.54) is 12.1 Å². The maximum Gasteiger partial charge on any atom is 0.263 e. The first-order valence-corrected chi connectivity index (χ1v) is 9.15. The van der Waals surface area contributed by atoms with Crippen LogP contribution in [0.2, 0.25) is 5.02 Å². The molecule has 21 heavy (non-hydrogen) atoms. The number of hydrogen-bond donors (Lipinski definition) is 2. The van der Waals surface area contributed by atoms with Crippen LogP contribution in [0.3, 0.4) is 0 Å². The molecule has 0 radical (unpaired) electrons. The topological polar surface area (TPSA) is 66.4 Å². The van der Waals surface area contributed by atoms with Crippen LogP contribution >= 0.6 is 43.5 Å². The lowest BCUT2D eigenvalue weighted by Crippen LogP contribution is -2.14. The number of aliphatic hydroxyl groups is 1. The highest BCUT2D eigenvalue weighted by atomic mass is 79.9. The van der Waals surface area contributed by atoms with E-state index < -0.39 is 10.0 Å². The van der Waals surface area contributed by atoms with Gasteiger partial charge in [0.2, 0.25) is 0 Å². The molecule has 0 aliphatic rings. The Morgan fingerprint density at radius 1 is 1.10 bits per heavy atom. The van der Waals surface area contributed by atoms with Gasteiger partial charge in [-0.1, -0.05) is 17.7 Å². The fourth-order valence-electron chi connectivity index (χ4n) is 1.63. The summed E-state index contributed by atoms with van der Waals surface area (Å²) in [5.74, 6) is 0. The van der Waals surface area contributed by atoms with E-state index in [1.807, 2.05) is 0 Å². The van der Waals surface area contributed by atoms with Crippen molar-refractivity contribution >= 4 is 59.2 Å². The highest BCUT2D eigenvalue weighted by molar-refractivity contribution is 9.11. The van der Waals surface area contributed by atoms with Gasteiger partial charge in [-0.15, -0.1) is 0 Å². The molecule has 0 aliphatic carbocycles. The molecule has 0 atom stereocenters. The van der Waals surface area contributed by atoms with E-state index in [2.05, 4.69) is 36.6 Å². The molecular weight excluding hydrogens is 445 g/mol. The van der Waals surface area contributed by atoms with Gasteiger partial charge >= 0.3 is 0 Å². The van der Waals surface area contributed by atoms with Crippen molar-refractivity contribution in [1.29, 1.82) is 0 Å². The summed E-state index contributed by atoms with van der Waals surface area (Å²) in [5, 5.41) is 9.55. The smallest absolute Gasteiger partial charge is 0.263 e. The number of benzene rings is 2. The first-order chi connectivity index (χ1) is 9.83. The van der Waals surface area contributed by atoms with Crippen LogP contribution in [0, 0.1) is 0 Å². The standard InChI is InChI=1S/C13H10Br2ClNO3S/c14-10-4-2-9(16)6-12(10)17-21(19,20)13-5-8(7-18)1-3-11(13)15/h1-6,17-18H,7H2. The summed E-state index contributed by atoms with van der Waals surface area (Å²) >= 11 is 12.3. The van der Waals surface area contributed by atoms with E-state index in [1.54, 1.807) is 24.3 Å². The Morgan fingerprint density at radius 3 is 2.43 bits per heavy atom. The molecule has 2 aromatic carbocycles. The Labute approximate surface area is 144 Å². The van der Waals surface area contributed by atoms with Crippen LogP contribution < -0.4 is 4.72 Å². The number of rotatable bonds is 4. The van der Waals surface area contributed by atoms with Gasteiger partial charge in [0.1, 0.15) is 4.90 Å². The monoisotopic (exact) mass is 453 g/mol. The molecule has 112 valence electrons. The average molecular weight is 456 g/mol. The van der Waals surface area contributed by atoms with E-state index in [0.717, 1.165) is 0 Å². The molecule has 0 unspecified atom stereocenters. The third-order valence-electron chi connectivity index (χ3n) is 2.64. The van der Waals surface area contributed by atoms with Crippen molar-refractivity contribution in [2.75, 3.05) is 4.72 Å². The number of sulfonamides is 1. The summed E-state index contributed by atoms with van der Waals surface area (Å²) < 4.78 is 28.4. The number of anilines is 1. The van der Waals surface area contributed by atoms with Gasteiger partial charge in [0, 0.05) is 14.0 Å². The van der Waals surface area contributed by atoms with E-state index >= 15 is 0 Å². The normalized spacial score (nSPS) is 11.4. The first-order valence-electron chi connectivity index (χ1n) is 5.70. The number of hydrogen-bond acceptors (Lipinski definition) is 3. The summed E-state index contributed by atoms with van der Waals surface area (Å²) in [6.07, 6.45) is 0. The largest absolute Gasteiger partial charge is 0.392 e. The molecule has 0 amide bonds. The maximum atomic E-state index is 12.5. The minimum absolute atomic E-state index is 0.0425. The Kier molecular flexibility index (Phi) is 5.32. The van der Waals surface area contributed by atoms with Crippen LogP contribution in [-0.4, -0.2) is 13.5 Å². The van der Waals surface area contributed by atoms with E-state index in [9.17, 15) is 8.42 Å². The third-order valence-corrected chi connectivity index (χ3v) is 5.93. The molecular formula is C13H10Br2ClNO3S. The van der Waals surface area contributed by atoms with Gasteiger partial charge in [0.05, 0.1) is 12.3 Å². The first kappa shape index (κ1) is 16.8. The summed E-state index contributed by atoms with van der Waals surface area (Å²) in [4.78, 5) is 0.0425. The SMILES string of the molecule is O=S(=O)(Nc1cc(Cl)ccc1Br)c1cc(CO)ccc1Br. The highest BCUT2D eigenvalue weighted by Crippen LogP contribution is 2.30. The number of halogens is 3. The van der Waals surface area contributed by atoms with Crippen LogP contribution in [0.4, 0.5) is 5.69 Å². The van der Waals surface area contributed by atoms with E-state index in [4.69, 9.17) is 16.7 Å². The summed E-state index contributed by atoms with van der Waals surface area (Å²) in [6.45, 7) is -0.239. The van der Waals surface area contributed by atoms with Crippen molar-refractivity contribution in [2.45, 2.75) is 11.5 Å². The summed E-state index contributed by atoms with van der Waals surface area (Å²) in [6, 6.07) is 9.43. The van der Waals surface area contributed by atoms with Gasteiger partial charge in [0.15, 0.2) is 0 Å². The lowest BCUT2D eigenvalue weighted by atomic mass is 10.2. The zero-order valence-corrected chi connectivity index (χ0v) is 15.2. The third kappa shape index (κ3) is 3.98. The molecule has 2 N–H and O–H groups in total. The van der Waals surface area contributed by atoms with E-state index in [0.29, 0.717) is 25.2 Å². The molecule has 0 spiro atoms. The number of nitrogens with one attached hydrogen (secondary N) is 1. The molecule has 0 bridgehead atoms. The van der Waals surface area contributed by atoms with Crippen molar-refractivity contribution in [1.82, 2.24) is 0 Å². The Bertz CT molecular complexity index is 781. The van der Waals surface area contributed by atoms with Crippen LogP contribution in [0.15, 0.2) is 50.2 Å². The molecule has 0 saturated carbocycles. The lowest BCUT2D eigenvalue weighted by molar-refractivity contribution is 0.281. The average Bonchev–Trinajstić information content (AvgIpc) is 2.43. The van der Waals surface area contributed by atoms with Crippen LogP contribution in [0.5, 0.6) is 0 Å². The van der Waals surface area contributed by atoms with Crippen LogP contribution in [-0.2, 0) is 16.6 Å². The number of aliphatic hydroxyl groups excluding tert-OH is 1. The van der Waals surface area contributed by atoms with E-state index in [-0.39, 0.29) is 11.5 Å². The molecule has 0 heterocycles. The van der Waals surface area contributed by atoms with Crippen LogP contribution in [0.1, 0.15) is 5.56 Å². The zero-order chi connectivity index (χ0) is 15.6. The van der Waals surface area contributed by atoms with Crippen molar-refractivity contribution in [3.8, 4) is 0 Å². The molecule has 4 nitrogen and oxygen atoms in total. The fourth-order valence-corrected chi connectivity index (χ4v) is 4.36. The van der Waals surface area contributed by atoms with Gasteiger partial charge in [-0.25, -0.2) is 8.42 Å². The van der Waals surface area contributed by atoms with Gasteiger partial charge in [0.25, 0.3) is 10.0 Å². The van der Waals surface area contributed by atoms with Crippen molar-refractivity contribution in [3.05, 3.63) is 55.9 Å². The van der Waals surface area contributed by atoms with Gasteiger partial charge in [-0.2, -0.15) is 0 Å². The second kappa shape index (κ2) is 6.66. The van der Waals surface area contributed by atoms with Gasteiger partial charge in [-0.05, 0) is 67.8 Å². The quantitative estimate of drug-likeness (QED) is 0.728. The Balaban J connectivity index is 2.45.